The van der Waals surface area contributed by atoms with Crippen molar-refractivity contribution in [1.29, 1.82) is 0 Å². The van der Waals surface area contributed by atoms with Crippen molar-refractivity contribution in [2.75, 3.05) is 5.75 Å². The standard InChI is InChI=1S/C12H18N2O3S2/c1-3-9(4-12(16)17)14-11(15)7-18-5-10-6-19-8(2)13-10/h6,9H,3-5,7H2,1-2H3,(H,14,15)(H,16,17). The molecule has 0 aliphatic rings. The first kappa shape index (κ1) is 16.0. The molecule has 1 rings (SSSR count). The summed E-state index contributed by atoms with van der Waals surface area (Å²) in [6.45, 7) is 3.81. The van der Waals surface area contributed by atoms with E-state index in [0.717, 1.165) is 10.7 Å². The summed E-state index contributed by atoms with van der Waals surface area (Å²) in [5, 5.41) is 14.4. The summed E-state index contributed by atoms with van der Waals surface area (Å²) >= 11 is 3.08. The molecule has 106 valence electrons. The second-order valence-corrected chi connectivity index (χ2v) is 6.17. The summed E-state index contributed by atoms with van der Waals surface area (Å²) in [5.74, 6) is 0.0167. The number of carbonyl (C=O) groups is 2. The van der Waals surface area contributed by atoms with Gasteiger partial charge in [-0.3, -0.25) is 9.59 Å². The van der Waals surface area contributed by atoms with E-state index in [-0.39, 0.29) is 18.4 Å². The zero-order chi connectivity index (χ0) is 14.3. The lowest BCUT2D eigenvalue weighted by molar-refractivity contribution is -0.137. The Morgan fingerprint density at radius 3 is 2.84 bits per heavy atom. The van der Waals surface area contributed by atoms with Crippen molar-refractivity contribution in [2.24, 2.45) is 0 Å². The summed E-state index contributed by atoms with van der Waals surface area (Å²) in [7, 11) is 0. The van der Waals surface area contributed by atoms with Crippen molar-refractivity contribution in [3.8, 4) is 0 Å². The second kappa shape index (κ2) is 8.16. The fourth-order valence-corrected chi connectivity index (χ4v) is 2.95. The molecule has 19 heavy (non-hydrogen) atoms. The Labute approximate surface area is 120 Å². The van der Waals surface area contributed by atoms with E-state index < -0.39 is 5.97 Å². The number of nitrogens with zero attached hydrogens (tertiary/aromatic N) is 1. The number of thiazole rings is 1. The van der Waals surface area contributed by atoms with Gasteiger partial charge in [-0.1, -0.05) is 6.92 Å². The highest BCUT2D eigenvalue weighted by Gasteiger charge is 2.13. The normalized spacial score (nSPS) is 12.1. The monoisotopic (exact) mass is 302 g/mol. The Hall–Kier alpha value is -1.08. The Bertz CT molecular complexity index is 434. The van der Waals surface area contributed by atoms with Gasteiger partial charge in [-0.25, -0.2) is 4.98 Å². The summed E-state index contributed by atoms with van der Waals surface area (Å²) in [6, 6.07) is -0.285. The number of amides is 1. The Morgan fingerprint density at radius 2 is 2.32 bits per heavy atom. The SMILES string of the molecule is CCC(CC(=O)O)NC(=O)CSCc1csc(C)n1. The van der Waals surface area contributed by atoms with Gasteiger partial charge >= 0.3 is 5.97 Å². The predicted molar refractivity (Wildman–Crippen MR) is 77.5 cm³/mol. The molecule has 0 radical (unpaired) electrons. The first-order valence-electron chi connectivity index (χ1n) is 6.01. The highest BCUT2D eigenvalue weighted by Crippen LogP contribution is 2.14. The zero-order valence-electron chi connectivity index (χ0n) is 11.0. The van der Waals surface area contributed by atoms with Crippen molar-refractivity contribution in [2.45, 2.75) is 38.5 Å². The molecule has 5 nitrogen and oxygen atoms in total. The minimum atomic E-state index is -0.891. The van der Waals surface area contributed by atoms with Crippen LogP contribution in [0.2, 0.25) is 0 Å². The molecule has 0 aromatic carbocycles. The highest BCUT2D eigenvalue weighted by molar-refractivity contribution is 7.99. The fraction of sp³-hybridized carbons (Fsp3) is 0.583. The van der Waals surface area contributed by atoms with Crippen LogP contribution >= 0.6 is 23.1 Å². The Kier molecular flexibility index (Phi) is 6.86. The lowest BCUT2D eigenvalue weighted by atomic mass is 10.1. The minimum absolute atomic E-state index is 0.0296. The van der Waals surface area contributed by atoms with Gasteiger partial charge < -0.3 is 10.4 Å². The van der Waals surface area contributed by atoms with Gasteiger partial charge in [0.05, 0.1) is 22.9 Å². The van der Waals surface area contributed by atoms with Gasteiger partial charge in [0.1, 0.15) is 0 Å². The van der Waals surface area contributed by atoms with E-state index in [1.54, 1.807) is 11.3 Å². The van der Waals surface area contributed by atoms with Crippen LogP contribution in [0.3, 0.4) is 0 Å². The maximum absolute atomic E-state index is 11.6. The van der Waals surface area contributed by atoms with Gasteiger partial charge in [0.25, 0.3) is 0 Å². The number of carbonyl (C=O) groups excluding carboxylic acids is 1. The number of carboxylic acid groups (broad SMARTS) is 1. The highest BCUT2D eigenvalue weighted by atomic mass is 32.2. The third-order valence-electron chi connectivity index (χ3n) is 2.43. The zero-order valence-corrected chi connectivity index (χ0v) is 12.6. The molecule has 1 aromatic rings. The van der Waals surface area contributed by atoms with E-state index >= 15 is 0 Å². The molecule has 1 atom stereocenters. The van der Waals surface area contributed by atoms with Crippen molar-refractivity contribution >= 4 is 35.0 Å². The first-order chi connectivity index (χ1) is 9.01. The lowest BCUT2D eigenvalue weighted by Crippen LogP contribution is -2.37. The average molecular weight is 302 g/mol. The summed E-state index contributed by atoms with van der Waals surface area (Å²) < 4.78 is 0. The minimum Gasteiger partial charge on any atom is -0.481 e. The average Bonchev–Trinajstić information content (AvgIpc) is 2.73. The molecular weight excluding hydrogens is 284 g/mol. The number of rotatable bonds is 8. The van der Waals surface area contributed by atoms with E-state index in [9.17, 15) is 9.59 Å². The van der Waals surface area contributed by atoms with Gasteiger partial charge in [-0.05, 0) is 13.3 Å². The molecule has 1 heterocycles. The Balaban J connectivity index is 2.25. The van der Waals surface area contributed by atoms with Crippen LogP contribution in [0.5, 0.6) is 0 Å². The van der Waals surface area contributed by atoms with Crippen LogP contribution in [-0.4, -0.2) is 33.8 Å². The number of hydrogen-bond acceptors (Lipinski definition) is 5. The van der Waals surface area contributed by atoms with Gasteiger partial charge in [0.2, 0.25) is 5.91 Å². The number of carboxylic acids is 1. The third-order valence-corrected chi connectivity index (χ3v) is 4.22. The molecule has 0 aliphatic carbocycles. The molecule has 0 saturated carbocycles. The molecule has 0 spiro atoms. The summed E-state index contributed by atoms with van der Waals surface area (Å²) in [6.07, 6.45) is 0.589. The number of aliphatic carboxylic acids is 1. The molecule has 0 aliphatic heterocycles. The van der Waals surface area contributed by atoms with Crippen LogP contribution in [0.4, 0.5) is 0 Å². The van der Waals surface area contributed by atoms with E-state index in [1.807, 2.05) is 19.2 Å². The van der Waals surface area contributed by atoms with Crippen LogP contribution in [0.25, 0.3) is 0 Å². The molecule has 1 amide bonds. The van der Waals surface area contributed by atoms with Crippen molar-refractivity contribution in [3.63, 3.8) is 0 Å². The lowest BCUT2D eigenvalue weighted by Gasteiger charge is -2.14. The van der Waals surface area contributed by atoms with Crippen LogP contribution in [0, 0.1) is 6.92 Å². The van der Waals surface area contributed by atoms with Gasteiger partial charge in [0, 0.05) is 17.2 Å². The van der Waals surface area contributed by atoms with Crippen molar-refractivity contribution in [3.05, 3.63) is 16.1 Å². The van der Waals surface area contributed by atoms with Crippen LogP contribution in [-0.2, 0) is 15.3 Å². The van der Waals surface area contributed by atoms with E-state index in [0.29, 0.717) is 17.9 Å². The second-order valence-electron chi connectivity index (χ2n) is 4.12. The van der Waals surface area contributed by atoms with E-state index in [2.05, 4.69) is 10.3 Å². The van der Waals surface area contributed by atoms with E-state index in [1.165, 1.54) is 11.8 Å². The molecule has 0 fully saturated rings. The number of aromatic nitrogens is 1. The molecule has 2 N–H and O–H groups in total. The van der Waals surface area contributed by atoms with Crippen LogP contribution in [0.1, 0.15) is 30.5 Å². The molecular formula is C12H18N2O3S2. The Morgan fingerprint density at radius 1 is 1.58 bits per heavy atom. The van der Waals surface area contributed by atoms with Gasteiger partial charge in [-0.2, -0.15) is 0 Å². The van der Waals surface area contributed by atoms with Crippen molar-refractivity contribution in [1.82, 2.24) is 10.3 Å². The third kappa shape index (κ3) is 6.58. The van der Waals surface area contributed by atoms with E-state index in [4.69, 9.17) is 5.11 Å². The maximum atomic E-state index is 11.6. The summed E-state index contributed by atoms with van der Waals surface area (Å²) in [5.41, 5.74) is 0.984. The molecule has 0 saturated heterocycles. The molecule has 7 heteroatoms. The van der Waals surface area contributed by atoms with Crippen molar-refractivity contribution < 1.29 is 14.7 Å². The molecule has 1 aromatic heterocycles. The van der Waals surface area contributed by atoms with Crippen LogP contribution < -0.4 is 5.32 Å². The van der Waals surface area contributed by atoms with Gasteiger partial charge in [0.15, 0.2) is 0 Å². The molecule has 1 unspecified atom stereocenters. The molecule has 0 bridgehead atoms. The largest absolute Gasteiger partial charge is 0.481 e. The first-order valence-corrected chi connectivity index (χ1v) is 8.04. The van der Waals surface area contributed by atoms with Crippen LogP contribution in [0.15, 0.2) is 5.38 Å². The number of thioether (sulfide) groups is 1. The topological polar surface area (TPSA) is 79.3 Å². The fourth-order valence-electron chi connectivity index (χ4n) is 1.50. The smallest absolute Gasteiger partial charge is 0.305 e. The number of hydrogen-bond donors (Lipinski definition) is 2. The number of nitrogens with one attached hydrogen (secondary N) is 1. The number of aryl methyl sites for hydroxylation is 1. The summed E-state index contributed by atoms with van der Waals surface area (Å²) in [4.78, 5) is 26.5. The van der Waals surface area contributed by atoms with Gasteiger partial charge in [-0.15, -0.1) is 23.1 Å². The predicted octanol–water partition coefficient (Wildman–Crippen LogP) is 2.05. The quantitative estimate of drug-likeness (QED) is 0.768. The maximum Gasteiger partial charge on any atom is 0.305 e.